The summed E-state index contributed by atoms with van der Waals surface area (Å²) in [6, 6.07) is 1.58. The summed E-state index contributed by atoms with van der Waals surface area (Å²) in [6.45, 7) is 8.84. The van der Waals surface area contributed by atoms with E-state index in [0.29, 0.717) is 0 Å². The molecule has 106 valence electrons. The molecule has 0 aromatic rings. The van der Waals surface area contributed by atoms with Crippen LogP contribution >= 0.6 is 0 Å². The molecule has 2 heterocycles. The zero-order valence-electron chi connectivity index (χ0n) is 12.3. The van der Waals surface area contributed by atoms with Crippen LogP contribution in [0.3, 0.4) is 0 Å². The smallest absolute Gasteiger partial charge is 0.0192 e. The second-order valence-electron chi connectivity index (χ2n) is 6.05. The van der Waals surface area contributed by atoms with Crippen molar-refractivity contribution in [1.29, 1.82) is 0 Å². The second kappa shape index (κ2) is 7.46. The fourth-order valence-corrected chi connectivity index (χ4v) is 3.62. The Morgan fingerprint density at radius 1 is 1.06 bits per heavy atom. The van der Waals surface area contributed by atoms with Gasteiger partial charge in [-0.15, -0.1) is 0 Å². The van der Waals surface area contributed by atoms with E-state index in [1.54, 1.807) is 0 Å². The van der Waals surface area contributed by atoms with E-state index in [9.17, 15) is 0 Å². The normalized spacial score (nSPS) is 32.3. The summed E-state index contributed by atoms with van der Waals surface area (Å²) in [5.41, 5.74) is 0. The average Bonchev–Trinajstić information content (AvgIpc) is 2.65. The molecule has 0 bridgehead atoms. The lowest BCUT2D eigenvalue weighted by Gasteiger charge is -2.38. The monoisotopic (exact) mass is 253 g/mol. The van der Waals surface area contributed by atoms with E-state index in [0.717, 1.165) is 12.1 Å². The molecule has 18 heavy (non-hydrogen) atoms. The van der Waals surface area contributed by atoms with Gasteiger partial charge in [-0.25, -0.2) is 0 Å². The van der Waals surface area contributed by atoms with Crippen LogP contribution in [0.5, 0.6) is 0 Å². The van der Waals surface area contributed by atoms with Crippen LogP contribution in [0.1, 0.15) is 45.4 Å². The number of piperidine rings is 1. The fraction of sp³-hybridized carbons (Fsp3) is 1.00. The van der Waals surface area contributed by atoms with Gasteiger partial charge in [-0.05, 0) is 71.8 Å². The van der Waals surface area contributed by atoms with Crippen LogP contribution in [0, 0.1) is 0 Å². The van der Waals surface area contributed by atoms with Gasteiger partial charge in [0.15, 0.2) is 0 Å². The van der Waals surface area contributed by atoms with Gasteiger partial charge in [0.1, 0.15) is 0 Å². The maximum absolute atomic E-state index is 3.47. The Hall–Kier alpha value is -0.120. The van der Waals surface area contributed by atoms with Gasteiger partial charge < -0.3 is 10.2 Å². The van der Waals surface area contributed by atoms with Crippen molar-refractivity contribution in [2.24, 2.45) is 0 Å². The lowest BCUT2D eigenvalue weighted by molar-refractivity contribution is 0.127. The number of nitrogens with zero attached hydrogens (tertiary/aromatic N) is 2. The first-order valence-corrected chi connectivity index (χ1v) is 7.97. The van der Waals surface area contributed by atoms with Crippen LogP contribution in [0.25, 0.3) is 0 Å². The number of rotatable bonds is 4. The summed E-state index contributed by atoms with van der Waals surface area (Å²) in [5.74, 6) is 0. The molecule has 0 aromatic carbocycles. The van der Waals surface area contributed by atoms with Gasteiger partial charge in [0, 0.05) is 18.6 Å². The van der Waals surface area contributed by atoms with E-state index in [1.165, 1.54) is 71.2 Å². The maximum atomic E-state index is 3.47. The van der Waals surface area contributed by atoms with Crippen LogP contribution in [-0.2, 0) is 0 Å². The molecule has 1 N–H and O–H groups in total. The van der Waals surface area contributed by atoms with Crippen LogP contribution in [0.15, 0.2) is 0 Å². The Kier molecular flexibility index (Phi) is 5.93. The molecular formula is C15H31N3. The van der Waals surface area contributed by atoms with Crippen LogP contribution in [0.4, 0.5) is 0 Å². The second-order valence-corrected chi connectivity index (χ2v) is 6.05. The zero-order valence-corrected chi connectivity index (χ0v) is 12.3. The van der Waals surface area contributed by atoms with Gasteiger partial charge in [-0.3, -0.25) is 4.90 Å². The first kappa shape index (κ1) is 14.3. The predicted molar refractivity (Wildman–Crippen MR) is 78.0 cm³/mol. The van der Waals surface area contributed by atoms with Gasteiger partial charge in [0.25, 0.3) is 0 Å². The molecule has 2 fully saturated rings. The van der Waals surface area contributed by atoms with E-state index in [2.05, 4.69) is 29.1 Å². The molecule has 2 rings (SSSR count). The highest BCUT2D eigenvalue weighted by molar-refractivity contribution is 4.84. The molecule has 2 atom stereocenters. The molecule has 2 saturated heterocycles. The van der Waals surface area contributed by atoms with E-state index in [1.807, 2.05) is 0 Å². The largest absolute Gasteiger partial charge is 0.316 e. The Balaban J connectivity index is 1.81. The number of likely N-dealkylation sites (tertiary alicyclic amines) is 2. The maximum Gasteiger partial charge on any atom is 0.0192 e. The highest BCUT2D eigenvalue weighted by atomic mass is 15.2. The fourth-order valence-electron chi connectivity index (χ4n) is 3.62. The van der Waals surface area contributed by atoms with Crippen molar-refractivity contribution >= 4 is 0 Å². The van der Waals surface area contributed by atoms with Gasteiger partial charge in [0.05, 0.1) is 0 Å². The van der Waals surface area contributed by atoms with Crippen LogP contribution < -0.4 is 5.32 Å². The molecule has 0 saturated carbocycles. The Labute approximate surface area is 113 Å². The Morgan fingerprint density at radius 3 is 2.67 bits per heavy atom. The molecule has 2 aliphatic rings. The summed E-state index contributed by atoms with van der Waals surface area (Å²) in [7, 11) is 2.12. The molecule has 0 aromatic heterocycles. The van der Waals surface area contributed by atoms with Crippen LogP contribution in [0.2, 0.25) is 0 Å². The van der Waals surface area contributed by atoms with Gasteiger partial charge >= 0.3 is 0 Å². The highest BCUT2D eigenvalue weighted by Crippen LogP contribution is 2.21. The molecule has 0 spiro atoms. The lowest BCUT2D eigenvalue weighted by Crippen LogP contribution is -2.48. The van der Waals surface area contributed by atoms with E-state index in [4.69, 9.17) is 0 Å². The summed E-state index contributed by atoms with van der Waals surface area (Å²) in [5, 5.41) is 3.47. The number of hydrogen-bond donors (Lipinski definition) is 1. The average molecular weight is 253 g/mol. The molecule has 3 heteroatoms. The lowest BCUT2D eigenvalue weighted by atomic mass is 10.0. The third kappa shape index (κ3) is 3.94. The predicted octanol–water partition coefficient (Wildman–Crippen LogP) is 1.93. The van der Waals surface area contributed by atoms with E-state index in [-0.39, 0.29) is 0 Å². The van der Waals surface area contributed by atoms with Crippen molar-refractivity contribution in [3.8, 4) is 0 Å². The topological polar surface area (TPSA) is 18.5 Å². The summed E-state index contributed by atoms with van der Waals surface area (Å²) >= 11 is 0. The number of hydrogen-bond acceptors (Lipinski definition) is 3. The SMILES string of the molecule is CCCN1CCCC(N2CCCC(NC)C2)CC1. The third-order valence-electron chi connectivity index (χ3n) is 4.71. The number of likely N-dealkylation sites (N-methyl/N-ethyl adjacent to an activating group) is 1. The van der Waals surface area contributed by atoms with Crippen LogP contribution in [-0.4, -0.2) is 61.7 Å². The molecule has 2 unspecified atom stereocenters. The van der Waals surface area contributed by atoms with Crippen molar-refractivity contribution in [3.63, 3.8) is 0 Å². The number of nitrogens with one attached hydrogen (secondary N) is 1. The van der Waals surface area contributed by atoms with Crippen molar-refractivity contribution in [2.45, 2.75) is 57.5 Å². The molecule has 0 aliphatic carbocycles. The van der Waals surface area contributed by atoms with Gasteiger partial charge in [-0.2, -0.15) is 0 Å². The summed E-state index contributed by atoms with van der Waals surface area (Å²) in [4.78, 5) is 5.43. The molecule has 0 radical (unpaired) electrons. The minimum atomic E-state index is 0.730. The molecule has 3 nitrogen and oxygen atoms in total. The van der Waals surface area contributed by atoms with Crippen molar-refractivity contribution < 1.29 is 0 Å². The highest BCUT2D eigenvalue weighted by Gasteiger charge is 2.26. The standard InChI is InChI=1S/C15H31N3/c1-3-9-17-10-5-7-15(8-12-17)18-11-4-6-14(13-18)16-2/h14-16H,3-13H2,1-2H3. The quantitative estimate of drug-likeness (QED) is 0.826. The van der Waals surface area contributed by atoms with Crippen molar-refractivity contribution in [3.05, 3.63) is 0 Å². The van der Waals surface area contributed by atoms with Crippen molar-refractivity contribution in [1.82, 2.24) is 15.1 Å². The van der Waals surface area contributed by atoms with Gasteiger partial charge in [-0.1, -0.05) is 6.92 Å². The Bertz CT molecular complexity index is 232. The van der Waals surface area contributed by atoms with Crippen molar-refractivity contribution in [2.75, 3.05) is 39.8 Å². The third-order valence-corrected chi connectivity index (χ3v) is 4.71. The molecule has 0 amide bonds. The van der Waals surface area contributed by atoms with E-state index < -0.39 is 0 Å². The minimum Gasteiger partial charge on any atom is -0.316 e. The Morgan fingerprint density at radius 2 is 1.89 bits per heavy atom. The summed E-state index contributed by atoms with van der Waals surface area (Å²) in [6.07, 6.45) is 8.23. The first-order valence-electron chi connectivity index (χ1n) is 7.97. The zero-order chi connectivity index (χ0) is 12.8. The molecule has 2 aliphatic heterocycles. The molecular weight excluding hydrogens is 222 g/mol. The minimum absolute atomic E-state index is 0.730. The first-order chi connectivity index (χ1) is 8.83. The van der Waals surface area contributed by atoms with Gasteiger partial charge in [0.2, 0.25) is 0 Å². The summed E-state index contributed by atoms with van der Waals surface area (Å²) < 4.78 is 0. The van der Waals surface area contributed by atoms with E-state index >= 15 is 0 Å².